The van der Waals surface area contributed by atoms with Gasteiger partial charge < -0.3 is 0 Å². The minimum absolute atomic E-state index is 0.638. The van der Waals surface area contributed by atoms with E-state index in [9.17, 15) is 0 Å². The lowest BCUT2D eigenvalue weighted by Gasteiger charge is -1.93. The Morgan fingerprint density at radius 2 is 2.40 bits per heavy atom. The first-order valence-corrected chi connectivity index (χ1v) is 7.13. The van der Waals surface area contributed by atoms with E-state index < -0.39 is 6.98 Å². The summed E-state index contributed by atoms with van der Waals surface area (Å²) in [4.78, 5) is 10.2. The second kappa shape index (κ2) is 3.43. The van der Waals surface area contributed by atoms with Crippen molar-refractivity contribution < 1.29 is 8.68 Å². The van der Waals surface area contributed by atoms with Crippen LogP contribution in [-0.2, 0) is 13.5 Å². The summed E-state index contributed by atoms with van der Waals surface area (Å²) in [5, 5.41) is 0.998. The van der Waals surface area contributed by atoms with Crippen molar-refractivity contribution in [2.45, 2.75) is 6.54 Å². The predicted octanol–water partition coefficient (Wildman–Crippen LogP) is 2.50. The van der Waals surface area contributed by atoms with Gasteiger partial charge in [-0.25, -0.2) is 14.1 Å². The van der Waals surface area contributed by atoms with Crippen molar-refractivity contribution in [2.75, 3.05) is 0 Å². The van der Waals surface area contributed by atoms with Crippen LogP contribution in [0.3, 0.4) is 0 Å². The molecule has 0 spiro atoms. The molecule has 4 aromatic rings. The van der Waals surface area contributed by atoms with Crippen molar-refractivity contribution in [2.24, 2.45) is 6.98 Å². The van der Waals surface area contributed by atoms with E-state index in [0.29, 0.717) is 6.54 Å². The monoisotopic (exact) mass is 282 g/mol. The van der Waals surface area contributed by atoms with Gasteiger partial charge in [-0.15, -0.1) is 0 Å². The van der Waals surface area contributed by atoms with Crippen LogP contribution in [0, 0.1) is 0 Å². The van der Waals surface area contributed by atoms with E-state index in [-0.39, 0.29) is 0 Å². The van der Waals surface area contributed by atoms with Crippen LogP contribution >= 0.6 is 11.3 Å². The number of pyridine rings is 2. The lowest BCUT2D eigenvalue weighted by molar-refractivity contribution is -0.631. The highest BCUT2D eigenvalue weighted by atomic mass is 32.1. The first-order chi connectivity index (χ1) is 11.1. The maximum absolute atomic E-state index is 8.01. The smallest absolute Gasteiger partial charge is 0.264 e. The van der Waals surface area contributed by atoms with Crippen LogP contribution in [-0.4, -0.2) is 14.5 Å². The zero-order valence-corrected chi connectivity index (χ0v) is 11.2. The molecular formula is C15H11N4S+. The number of imidazole rings is 1. The molecule has 5 rings (SSSR count). The third-order valence-electron chi connectivity index (χ3n) is 3.84. The van der Waals surface area contributed by atoms with Crippen LogP contribution < -0.4 is 4.57 Å². The second-order valence-corrected chi connectivity index (χ2v) is 5.87. The molecule has 20 heavy (non-hydrogen) atoms. The predicted molar refractivity (Wildman–Crippen MR) is 78.6 cm³/mol. The first-order valence-electron chi connectivity index (χ1n) is 7.81. The van der Waals surface area contributed by atoms with Gasteiger partial charge in [-0.05, 0) is 18.2 Å². The van der Waals surface area contributed by atoms with Gasteiger partial charge in [0.05, 0.1) is 22.0 Å². The van der Waals surface area contributed by atoms with Gasteiger partial charge >= 0.3 is 0 Å². The van der Waals surface area contributed by atoms with Gasteiger partial charge in [-0.2, -0.15) is 0 Å². The lowest BCUT2D eigenvalue weighted by atomic mass is 10.2. The maximum atomic E-state index is 8.01. The van der Waals surface area contributed by atoms with Crippen molar-refractivity contribution in [3.05, 3.63) is 42.4 Å². The third kappa shape index (κ3) is 1.10. The largest absolute Gasteiger partial charge is 0.291 e. The van der Waals surface area contributed by atoms with Crippen LogP contribution in [0.25, 0.3) is 32.0 Å². The molecule has 0 aliphatic carbocycles. The van der Waals surface area contributed by atoms with E-state index in [0.717, 1.165) is 37.5 Å². The molecule has 0 amide bonds. The molecule has 4 aromatic heterocycles. The number of hydrogen-bond acceptors (Lipinski definition) is 3. The molecule has 0 atom stereocenters. The van der Waals surface area contributed by atoms with Gasteiger partial charge in [0.15, 0.2) is 5.52 Å². The summed E-state index contributed by atoms with van der Waals surface area (Å²) in [6, 6.07) is 5.78. The molecule has 0 radical (unpaired) electrons. The van der Waals surface area contributed by atoms with Crippen LogP contribution in [0.5, 0.6) is 0 Å². The first kappa shape index (κ1) is 8.11. The number of thiophene rings is 1. The Morgan fingerprint density at radius 1 is 1.40 bits per heavy atom. The molecule has 0 aromatic carbocycles. The fourth-order valence-electron chi connectivity index (χ4n) is 3.00. The Balaban J connectivity index is 2.01. The number of fused-ring (bicyclic) bond motifs is 7. The highest BCUT2D eigenvalue weighted by molar-refractivity contribution is 7.24. The van der Waals surface area contributed by atoms with Crippen molar-refractivity contribution >= 4 is 31.9 Å². The fraction of sp³-hybridized carbons (Fsp3) is 0.133. The highest BCUT2D eigenvalue weighted by Gasteiger charge is 2.34. The quantitative estimate of drug-likeness (QED) is 0.409. The van der Waals surface area contributed by atoms with Gasteiger partial charge in [0.2, 0.25) is 4.83 Å². The van der Waals surface area contributed by atoms with Crippen LogP contribution in [0.4, 0.5) is 0 Å². The SMILES string of the molecule is [2H]C([2H])([2H])[n+]1c2n(c3c4cccnc4sc31)Cc1cnccc1-2. The molecule has 0 N–H and O–H groups in total. The fourth-order valence-corrected chi connectivity index (χ4v) is 4.07. The molecule has 0 saturated heterocycles. The van der Waals surface area contributed by atoms with Crippen molar-refractivity contribution in [1.29, 1.82) is 0 Å². The number of aromatic nitrogens is 4. The molecular weight excluding hydrogens is 268 g/mol. The standard InChI is InChI=1S/C15H11N4S/c1-18-14-10-4-6-16-7-9(10)8-19(14)12-11-3-2-5-17-13(11)20-15(12)18/h2-7H,8H2,1H3/q+1/i1D3. The Morgan fingerprint density at radius 3 is 3.35 bits per heavy atom. The van der Waals surface area contributed by atoms with E-state index >= 15 is 0 Å². The molecule has 1 aliphatic heterocycles. The summed E-state index contributed by atoms with van der Waals surface area (Å²) >= 11 is 1.43. The zero-order valence-electron chi connectivity index (χ0n) is 13.4. The van der Waals surface area contributed by atoms with Crippen LogP contribution in [0.15, 0.2) is 36.8 Å². The topological polar surface area (TPSA) is 34.6 Å². The molecule has 0 unspecified atom stereocenters. The van der Waals surface area contributed by atoms with E-state index in [1.807, 2.05) is 24.4 Å². The van der Waals surface area contributed by atoms with Crippen molar-refractivity contribution in [1.82, 2.24) is 14.5 Å². The molecule has 5 heterocycles. The molecule has 0 bridgehead atoms. The highest BCUT2D eigenvalue weighted by Crippen LogP contribution is 2.38. The maximum Gasteiger partial charge on any atom is 0.291 e. The second-order valence-electron chi connectivity index (χ2n) is 4.89. The van der Waals surface area contributed by atoms with Crippen molar-refractivity contribution in [3.8, 4) is 11.4 Å². The zero-order chi connectivity index (χ0) is 15.8. The number of rotatable bonds is 0. The number of hydrogen-bond donors (Lipinski definition) is 0. The summed E-state index contributed by atoms with van der Waals surface area (Å²) < 4.78 is 27.6. The molecule has 4 nitrogen and oxygen atoms in total. The summed E-state index contributed by atoms with van der Waals surface area (Å²) in [5.74, 6) is 0.731. The van der Waals surface area contributed by atoms with Crippen LogP contribution in [0.1, 0.15) is 9.68 Å². The van der Waals surface area contributed by atoms with E-state index in [4.69, 9.17) is 4.11 Å². The average Bonchev–Trinajstić information content (AvgIpc) is 3.12. The van der Waals surface area contributed by atoms with E-state index in [1.54, 1.807) is 12.4 Å². The van der Waals surface area contributed by atoms with Crippen LogP contribution in [0.2, 0.25) is 0 Å². The van der Waals surface area contributed by atoms with Gasteiger partial charge in [-0.1, -0.05) is 11.3 Å². The Bertz CT molecular complexity index is 1090. The molecule has 5 heteroatoms. The minimum Gasteiger partial charge on any atom is -0.264 e. The Labute approximate surface area is 123 Å². The van der Waals surface area contributed by atoms with Gasteiger partial charge in [0.25, 0.3) is 5.82 Å². The van der Waals surface area contributed by atoms with Gasteiger partial charge in [-0.3, -0.25) is 4.98 Å². The third-order valence-corrected chi connectivity index (χ3v) is 4.92. The summed E-state index contributed by atoms with van der Waals surface area (Å²) in [6.07, 6.45) is 5.25. The number of aryl methyl sites for hydroxylation is 1. The summed E-state index contributed by atoms with van der Waals surface area (Å²) in [6.45, 7) is -1.61. The van der Waals surface area contributed by atoms with E-state index in [2.05, 4.69) is 14.5 Å². The number of nitrogens with zero attached hydrogens (tertiary/aromatic N) is 4. The average molecular weight is 282 g/mol. The summed E-state index contributed by atoms with van der Waals surface area (Å²) in [5.41, 5.74) is 2.93. The van der Waals surface area contributed by atoms with Crippen molar-refractivity contribution in [3.63, 3.8) is 0 Å². The molecule has 0 fully saturated rings. The molecule has 0 saturated carbocycles. The van der Waals surface area contributed by atoms with Gasteiger partial charge in [0, 0.05) is 24.2 Å². The normalized spacial score (nSPS) is 15.9. The molecule has 1 aliphatic rings. The van der Waals surface area contributed by atoms with Gasteiger partial charge in [0.1, 0.15) is 11.4 Å². The van der Waals surface area contributed by atoms with E-state index in [1.165, 1.54) is 15.9 Å². The lowest BCUT2D eigenvalue weighted by Crippen LogP contribution is -2.28. The minimum atomic E-state index is -2.25. The molecule has 96 valence electrons. The Kier molecular flexibility index (Phi) is 1.39. The summed E-state index contributed by atoms with van der Waals surface area (Å²) in [7, 11) is 0. The Hall–Kier alpha value is -2.27.